The Morgan fingerprint density at radius 1 is 1.06 bits per heavy atom. The molecular formula is C38H46FN7O3. The molecule has 0 radical (unpaired) electrons. The Balaban J connectivity index is 1.29. The third-order valence-corrected chi connectivity index (χ3v) is 9.19. The number of amides is 2. The molecular weight excluding hydrogens is 621 g/mol. The highest BCUT2D eigenvalue weighted by Gasteiger charge is 2.23. The van der Waals surface area contributed by atoms with Gasteiger partial charge in [0.15, 0.2) is 0 Å². The first-order valence-corrected chi connectivity index (χ1v) is 16.8. The molecule has 1 saturated heterocycles. The predicted octanol–water partition coefficient (Wildman–Crippen LogP) is 7.24. The molecule has 258 valence electrons. The zero-order chi connectivity index (χ0) is 35.1. The van der Waals surface area contributed by atoms with Crippen molar-refractivity contribution in [1.29, 1.82) is 0 Å². The second-order valence-electron chi connectivity index (χ2n) is 12.8. The van der Waals surface area contributed by atoms with Gasteiger partial charge in [-0.25, -0.2) is 14.2 Å². The van der Waals surface area contributed by atoms with Crippen LogP contribution in [0, 0.1) is 19.7 Å². The van der Waals surface area contributed by atoms with Gasteiger partial charge in [0.05, 0.1) is 5.69 Å². The molecule has 1 fully saturated rings. The van der Waals surface area contributed by atoms with E-state index in [1.807, 2.05) is 58.0 Å². The number of nitrogens with one attached hydrogen (secondary N) is 3. The minimum Gasteiger partial charge on any atom is -0.409 e. The Hall–Kier alpha value is -5.03. The number of aromatic nitrogens is 2. The fourth-order valence-electron chi connectivity index (χ4n) is 5.73. The first kappa shape index (κ1) is 35.3. The van der Waals surface area contributed by atoms with Crippen molar-refractivity contribution in [3.8, 4) is 16.9 Å². The number of nitrogens with zero attached hydrogens (tertiary/aromatic N) is 4. The summed E-state index contributed by atoms with van der Waals surface area (Å²) >= 11 is 0. The monoisotopic (exact) mass is 667 g/mol. The van der Waals surface area contributed by atoms with Gasteiger partial charge >= 0.3 is 6.09 Å². The molecule has 49 heavy (non-hydrogen) atoms. The number of rotatable bonds is 11. The summed E-state index contributed by atoms with van der Waals surface area (Å²) in [5, 5.41) is 8.71. The molecule has 4 aromatic rings. The van der Waals surface area contributed by atoms with Crippen molar-refractivity contribution in [2.75, 3.05) is 42.2 Å². The van der Waals surface area contributed by atoms with Crippen LogP contribution in [0.25, 0.3) is 11.1 Å². The van der Waals surface area contributed by atoms with E-state index >= 15 is 4.39 Å². The van der Waals surface area contributed by atoms with E-state index in [2.05, 4.69) is 49.7 Å². The number of likely N-dealkylation sites (N-methyl/N-ethyl adjacent to an activating group) is 1. The maximum atomic E-state index is 15.2. The van der Waals surface area contributed by atoms with Crippen LogP contribution in [-0.4, -0.2) is 65.6 Å². The van der Waals surface area contributed by atoms with Crippen molar-refractivity contribution in [1.82, 2.24) is 20.2 Å². The van der Waals surface area contributed by atoms with Gasteiger partial charge in [0, 0.05) is 55.6 Å². The molecule has 2 heterocycles. The molecule has 2 unspecified atom stereocenters. The number of anilines is 4. The Morgan fingerprint density at radius 3 is 2.63 bits per heavy atom. The summed E-state index contributed by atoms with van der Waals surface area (Å²) in [6.45, 7) is 12.6. The first-order valence-electron chi connectivity index (χ1n) is 16.8. The molecule has 11 heteroatoms. The summed E-state index contributed by atoms with van der Waals surface area (Å²) in [5.74, 6) is 0.398. The van der Waals surface area contributed by atoms with Crippen LogP contribution in [0.1, 0.15) is 50.3 Å². The van der Waals surface area contributed by atoms with Gasteiger partial charge in [-0.15, -0.1) is 0 Å². The average molecular weight is 668 g/mol. The minimum atomic E-state index is -0.736. The van der Waals surface area contributed by atoms with Gasteiger partial charge in [0.1, 0.15) is 17.4 Å². The van der Waals surface area contributed by atoms with Crippen molar-refractivity contribution >= 4 is 35.1 Å². The summed E-state index contributed by atoms with van der Waals surface area (Å²) in [5.41, 5.74) is 5.79. The normalized spacial score (nSPS) is 15.4. The summed E-state index contributed by atoms with van der Waals surface area (Å²) < 4.78 is 21.1. The molecule has 3 aromatic carbocycles. The van der Waals surface area contributed by atoms with Gasteiger partial charge < -0.3 is 25.2 Å². The van der Waals surface area contributed by atoms with Crippen LogP contribution in [0.2, 0.25) is 0 Å². The lowest BCUT2D eigenvalue weighted by Crippen LogP contribution is -2.50. The highest BCUT2D eigenvalue weighted by atomic mass is 19.1. The number of carbonyl (C=O) groups is 2. The molecule has 0 saturated carbocycles. The van der Waals surface area contributed by atoms with E-state index < -0.39 is 6.09 Å². The van der Waals surface area contributed by atoms with E-state index in [9.17, 15) is 9.59 Å². The minimum absolute atomic E-state index is 0.0234. The summed E-state index contributed by atoms with van der Waals surface area (Å²) in [6, 6.07) is 18.6. The molecule has 0 spiro atoms. The van der Waals surface area contributed by atoms with Crippen LogP contribution < -0.4 is 25.6 Å². The van der Waals surface area contributed by atoms with Crippen molar-refractivity contribution < 1.29 is 18.7 Å². The van der Waals surface area contributed by atoms with Gasteiger partial charge in [0.25, 0.3) is 0 Å². The van der Waals surface area contributed by atoms with Gasteiger partial charge in [-0.05, 0) is 100 Å². The Labute approximate surface area is 288 Å². The van der Waals surface area contributed by atoms with Crippen LogP contribution in [0.3, 0.4) is 0 Å². The Morgan fingerprint density at radius 2 is 1.88 bits per heavy atom. The Bertz CT molecular complexity index is 1800. The van der Waals surface area contributed by atoms with Crippen LogP contribution in [0.15, 0.2) is 66.9 Å². The molecule has 5 rings (SSSR count). The van der Waals surface area contributed by atoms with Crippen molar-refractivity contribution in [3.05, 3.63) is 89.4 Å². The fraction of sp³-hybridized carbons (Fsp3) is 0.368. The van der Waals surface area contributed by atoms with Crippen LogP contribution >= 0.6 is 0 Å². The zero-order valence-electron chi connectivity index (χ0n) is 29.1. The van der Waals surface area contributed by atoms with Gasteiger partial charge in [-0.1, -0.05) is 37.3 Å². The summed E-state index contributed by atoms with van der Waals surface area (Å²) in [6.07, 6.45) is 2.42. The van der Waals surface area contributed by atoms with Crippen LogP contribution in [0.4, 0.5) is 32.3 Å². The third kappa shape index (κ3) is 9.11. The predicted molar refractivity (Wildman–Crippen MR) is 193 cm³/mol. The molecule has 0 aliphatic carbocycles. The molecule has 2 amide bonds. The second-order valence-corrected chi connectivity index (χ2v) is 12.8. The van der Waals surface area contributed by atoms with E-state index in [0.717, 1.165) is 53.9 Å². The van der Waals surface area contributed by atoms with Crippen molar-refractivity contribution in [3.63, 3.8) is 0 Å². The molecule has 1 aromatic heterocycles. The van der Waals surface area contributed by atoms with Gasteiger partial charge in [0.2, 0.25) is 11.9 Å². The van der Waals surface area contributed by atoms with Crippen LogP contribution in [0.5, 0.6) is 5.75 Å². The lowest BCUT2D eigenvalue weighted by molar-refractivity contribution is -0.121. The third-order valence-electron chi connectivity index (χ3n) is 9.19. The van der Waals surface area contributed by atoms with E-state index in [0.29, 0.717) is 36.0 Å². The number of hydrogen-bond acceptors (Lipinski definition) is 8. The lowest BCUT2D eigenvalue weighted by atomic mass is 9.95. The molecule has 1 aliphatic rings. The number of piperazine rings is 1. The topological polar surface area (TPSA) is 112 Å². The zero-order valence-corrected chi connectivity index (χ0v) is 29.1. The highest BCUT2D eigenvalue weighted by Crippen LogP contribution is 2.35. The molecule has 10 nitrogen and oxygen atoms in total. The number of aryl methyl sites for hydroxylation is 2. The quantitative estimate of drug-likeness (QED) is 0.154. The Kier molecular flexibility index (Phi) is 11.5. The fourth-order valence-corrected chi connectivity index (χ4v) is 5.73. The maximum absolute atomic E-state index is 15.2. The first-order chi connectivity index (χ1) is 23.5. The van der Waals surface area contributed by atoms with Crippen molar-refractivity contribution in [2.45, 2.75) is 66.0 Å². The number of carbonyl (C=O) groups excluding carboxylic acids is 2. The van der Waals surface area contributed by atoms with Gasteiger partial charge in [-0.2, -0.15) is 4.98 Å². The maximum Gasteiger partial charge on any atom is 0.418 e. The molecule has 2 atom stereocenters. The van der Waals surface area contributed by atoms with Crippen molar-refractivity contribution in [2.24, 2.45) is 0 Å². The standard InChI is InChI=1S/C38H46FN7O3/c1-7-25(3)41-36(47)16-12-28-11-14-31(30-10-8-9-24(2)27(30)5)34(21-28)49-38(48)44-35-17-18-40-37(43-35)42-29-13-15-33(32(39)22-29)46-20-19-45(6)26(4)23-46/h8-11,13-15,17-18,21-22,25-26H,7,12,16,19-20,23H2,1-6H3,(H,41,47)(H2,40,42,43,44,48). The summed E-state index contributed by atoms with van der Waals surface area (Å²) in [7, 11) is 2.08. The summed E-state index contributed by atoms with van der Waals surface area (Å²) in [4.78, 5) is 38.7. The molecule has 3 N–H and O–H groups in total. The number of benzene rings is 3. The van der Waals surface area contributed by atoms with Crippen LogP contribution in [-0.2, 0) is 11.2 Å². The second kappa shape index (κ2) is 15.9. The molecule has 1 aliphatic heterocycles. The van der Waals surface area contributed by atoms with E-state index in [1.165, 1.54) is 12.3 Å². The average Bonchev–Trinajstić information content (AvgIpc) is 3.07. The van der Waals surface area contributed by atoms with Gasteiger partial charge in [-0.3, -0.25) is 10.1 Å². The van der Waals surface area contributed by atoms with E-state index in [-0.39, 0.29) is 29.5 Å². The number of ether oxygens (including phenoxy) is 1. The largest absolute Gasteiger partial charge is 0.418 e. The smallest absolute Gasteiger partial charge is 0.409 e. The lowest BCUT2D eigenvalue weighted by Gasteiger charge is -2.39. The number of halogens is 1. The number of hydrogen-bond donors (Lipinski definition) is 3. The molecule has 0 bridgehead atoms. The van der Waals surface area contributed by atoms with E-state index in [4.69, 9.17) is 4.74 Å². The van der Waals surface area contributed by atoms with E-state index in [1.54, 1.807) is 24.3 Å². The SMILES string of the molecule is CCC(C)NC(=O)CCc1ccc(-c2cccc(C)c2C)c(OC(=O)Nc2ccnc(Nc3ccc(N4CCN(C)C(C)C4)c(F)c3)n2)c1. The highest BCUT2D eigenvalue weighted by molar-refractivity contribution is 5.87.